The van der Waals surface area contributed by atoms with Gasteiger partial charge in [0.05, 0.1) is 30.0 Å². The normalized spacial score (nSPS) is 12.0. The Labute approximate surface area is 112 Å². The molecule has 1 atom stereocenters. The number of anilines is 1. The van der Waals surface area contributed by atoms with Gasteiger partial charge in [0.25, 0.3) is 0 Å². The molecule has 18 heavy (non-hydrogen) atoms. The molecular weight excluding hydrogens is 254 g/mol. The molecule has 1 N–H and O–H groups in total. The molecule has 100 valence electrons. The molecule has 1 aromatic carbocycles. The summed E-state index contributed by atoms with van der Waals surface area (Å²) in [7, 11) is 1.35. The van der Waals surface area contributed by atoms with Gasteiger partial charge in [-0.2, -0.15) is 0 Å². The van der Waals surface area contributed by atoms with E-state index in [-0.39, 0.29) is 12.0 Å². The third-order valence-corrected chi connectivity index (χ3v) is 2.69. The van der Waals surface area contributed by atoms with Gasteiger partial charge in [0.15, 0.2) is 0 Å². The van der Waals surface area contributed by atoms with Gasteiger partial charge >= 0.3 is 5.97 Å². The van der Waals surface area contributed by atoms with Gasteiger partial charge in [0.2, 0.25) is 0 Å². The lowest BCUT2D eigenvalue weighted by atomic mass is 10.2. The van der Waals surface area contributed by atoms with Crippen LogP contribution in [0.3, 0.4) is 0 Å². The molecule has 0 saturated heterocycles. The van der Waals surface area contributed by atoms with Gasteiger partial charge in [-0.15, -0.1) is 0 Å². The molecule has 0 aromatic heterocycles. The Bertz CT molecular complexity index is 409. The van der Waals surface area contributed by atoms with Crippen molar-refractivity contribution < 1.29 is 14.3 Å². The van der Waals surface area contributed by atoms with Crippen LogP contribution >= 0.6 is 11.6 Å². The number of carbonyl (C=O) groups excluding carboxylic acids is 1. The average molecular weight is 272 g/mol. The second-order valence-corrected chi connectivity index (χ2v) is 4.30. The highest BCUT2D eigenvalue weighted by Crippen LogP contribution is 2.24. The van der Waals surface area contributed by atoms with E-state index in [0.29, 0.717) is 29.5 Å². The van der Waals surface area contributed by atoms with Crippen LogP contribution in [0.1, 0.15) is 24.2 Å². The van der Waals surface area contributed by atoms with Crippen molar-refractivity contribution in [3.05, 3.63) is 28.8 Å². The average Bonchev–Trinajstić information content (AvgIpc) is 2.38. The fourth-order valence-electron chi connectivity index (χ4n) is 1.48. The topological polar surface area (TPSA) is 47.6 Å². The van der Waals surface area contributed by atoms with Gasteiger partial charge < -0.3 is 14.8 Å². The monoisotopic (exact) mass is 271 g/mol. The zero-order valence-electron chi connectivity index (χ0n) is 10.8. The zero-order valence-corrected chi connectivity index (χ0v) is 11.6. The molecule has 4 nitrogen and oxygen atoms in total. The number of methoxy groups -OCH3 is 1. The van der Waals surface area contributed by atoms with Gasteiger partial charge in [-0.05, 0) is 32.0 Å². The maximum atomic E-state index is 11.4. The molecule has 0 amide bonds. The van der Waals surface area contributed by atoms with Crippen LogP contribution in [0.25, 0.3) is 0 Å². The summed E-state index contributed by atoms with van der Waals surface area (Å²) in [5.41, 5.74) is 1.17. The molecule has 0 fully saturated rings. The molecule has 0 saturated carbocycles. The van der Waals surface area contributed by atoms with Crippen molar-refractivity contribution in [2.45, 2.75) is 19.9 Å². The molecule has 0 aliphatic rings. The fraction of sp³-hybridized carbons (Fsp3) is 0.462. The maximum absolute atomic E-state index is 11.4. The van der Waals surface area contributed by atoms with Crippen LogP contribution in [-0.2, 0) is 9.47 Å². The first-order valence-corrected chi connectivity index (χ1v) is 6.18. The summed E-state index contributed by atoms with van der Waals surface area (Å²) in [6, 6.07) is 5.09. The summed E-state index contributed by atoms with van der Waals surface area (Å²) in [6.07, 6.45) is 0. The number of nitrogens with one attached hydrogen (secondary N) is 1. The van der Waals surface area contributed by atoms with Crippen molar-refractivity contribution in [1.29, 1.82) is 0 Å². The maximum Gasteiger partial charge on any atom is 0.337 e. The number of hydrogen-bond acceptors (Lipinski definition) is 4. The zero-order chi connectivity index (χ0) is 13.5. The Morgan fingerprint density at radius 1 is 1.50 bits per heavy atom. The number of carbonyl (C=O) groups is 1. The molecule has 0 spiro atoms. The summed E-state index contributed by atoms with van der Waals surface area (Å²) in [4.78, 5) is 11.4. The number of hydrogen-bond donors (Lipinski definition) is 1. The number of benzene rings is 1. The molecule has 5 heteroatoms. The number of esters is 1. The van der Waals surface area contributed by atoms with Crippen LogP contribution in [0, 0.1) is 0 Å². The van der Waals surface area contributed by atoms with Crippen LogP contribution in [0.5, 0.6) is 0 Å². The second kappa shape index (κ2) is 7.24. The Morgan fingerprint density at radius 2 is 2.22 bits per heavy atom. The molecule has 0 heterocycles. The Morgan fingerprint density at radius 3 is 2.83 bits per heavy atom. The molecule has 0 aliphatic carbocycles. The molecule has 0 bridgehead atoms. The van der Waals surface area contributed by atoms with Gasteiger partial charge in [-0.1, -0.05) is 11.6 Å². The van der Waals surface area contributed by atoms with E-state index in [2.05, 4.69) is 10.1 Å². The van der Waals surface area contributed by atoms with Gasteiger partial charge in [0, 0.05) is 12.6 Å². The first-order valence-electron chi connectivity index (χ1n) is 5.80. The first-order chi connectivity index (χ1) is 8.58. The predicted octanol–water partition coefficient (Wildman–Crippen LogP) is 2.96. The van der Waals surface area contributed by atoms with Crippen molar-refractivity contribution in [3.63, 3.8) is 0 Å². The van der Waals surface area contributed by atoms with E-state index in [1.54, 1.807) is 18.2 Å². The molecule has 1 unspecified atom stereocenters. The molecule has 0 aliphatic heterocycles. The van der Waals surface area contributed by atoms with Crippen LogP contribution < -0.4 is 5.32 Å². The summed E-state index contributed by atoms with van der Waals surface area (Å²) in [5.74, 6) is -0.382. The van der Waals surface area contributed by atoms with E-state index in [4.69, 9.17) is 16.3 Å². The predicted molar refractivity (Wildman–Crippen MR) is 72.4 cm³/mol. The van der Waals surface area contributed by atoms with E-state index in [1.807, 2.05) is 13.8 Å². The van der Waals surface area contributed by atoms with E-state index >= 15 is 0 Å². The van der Waals surface area contributed by atoms with Crippen molar-refractivity contribution >= 4 is 23.3 Å². The van der Waals surface area contributed by atoms with Crippen LogP contribution in [0.2, 0.25) is 5.02 Å². The molecule has 1 rings (SSSR count). The van der Waals surface area contributed by atoms with E-state index in [0.717, 1.165) is 0 Å². The minimum Gasteiger partial charge on any atom is -0.465 e. The highest BCUT2D eigenvalue weighted by molar-refractivity contribution is 6.33. The number of rotatable bonds is 6. The Balaban J connectivity index is 2.77. The Hall–Kier alpha value is -1.26. The van der Waals surface area contributed by atoms with Gasteiger partial charge in [-0.25, -0.2) is 4.79 Å². The lowest BCUT2D eigenvalue weighted by Gasteiger charge is -2.16. The highest BCUT2D eigenvalue weighted by atomic mass is 35.5. The summed E-state index contributed by atoms with van der Waals surface area (Å²) >= 11 is 6.07. The van der Waals surface area contributed by atoms with E-state index < -0.39 is 0 Å². The standard InChI is InChI=1S/C13H18ClNO3/c1-4-18-8-9(2)15-12-7-10(13(16)17-3)5-6-11(12)14/h5-7,9,15H,4,8H2,1-3H3. The Kier molecular flexibility index (Phi) is 5.95. The minimum atomic E-state index is -0.382. The highest BCUT2D eigenvalue weighted by Gasteiger charge is 2.10. The van der Waals surface area contributed by atoms with Crippen LogP contribution in [-0.4, -0.2) is 32.3 Å². The van der Waals surface area contributed by atoms with Crippen LogP contribution in [0.4, 0.5) is 5.69 Å². The van der Waals surface area contributed by atoms with Crippen molar-refractivity contribution in [1.82, 2.24) is 0 Å². The number of ether oxygens (including phenoxy) is 2. The third kappa shape index (κ3) is 4.20. The second-order valence-electron chi connectivity index (χ2n) is 3.89. The van der Waals surface area contributed by atoms with E-state index in [1.165, 1.54) is 7.11 Å². The SMILES string of the molecule is CCOCC(C)Nc1cc(C(=O)OC)ccc1Cl. The van der Waals surface area contributed by atoms with Gasteiger partial charge in [0.1, 0.15) is 0 Å². The summed E-state index contributed by atoms with van der Waals surface area (Å²) < 4.78 is 9.98. The number of halogens is 1. The van der Waals surface area contributed by atoms with Crippen LogP contribution in [0.15, 0.2) is 18.2 Å². The first kappa shape index (κ1) is 14.8. The molecule has 0 radical (unpaired) electrons. The largest absolute Gasteiger partial charge is 0.465 e. The van der Waals surface area contributed by atoms with Gasteiger partial charge in [-0.3, -0.25) is 0 Å². The third-order valence-electron chi connectivity index (χ3n) is 2.36. The lowest BCUT2D eigenvalue weighted by molar-refractivity contribution is 0.0601. The fourth-order valence-corrected chi connectivity index (χ4v) is 1.65. The smallest absolute Gasteiger partial charge is 0.337 e. The molecule has 1 aromatic rings. The van der Waals surface area contributed by atoms with Crippen molar-refractivity contribution in [2.75, 3.05) is 25.6 Å². The quantitative estimate of drug-likeness (QED) is 0.808. The van der Waals surface area contributed by atoms with E-state index in [9.17, 15) is 4.79 Å². The summed E-state index contributed by atoms with van der Waals surface area (Å²) in [5, 5.41) is 3.76. The molecular formula is C13H18ClNO3. The van der Waals surface area contributed by atoms with Crippen molar-refractivity contribution in [3.8, 4) is 0 Å². The van der Waals surface area contributed by atoms with Crippen molar-refractivity contribution in [2.24, 2.45) is 0 Å². The summed E-state index contributed by atoms with van der Waals surface area (Å²) in [6.45, 7) is 5.17. The minimum absolute atomic E-state index is 0.107. The lowest BCUT2D eigenvalue weighted by Crippen LogP contribution is -2.22.